The lowest BCUT2D eigenvalue weighted by molar-refractivity contribution is -0.384. The van der Waals surface area contributed by atoms with Gasteiger partial charge in [0, 0.05) is 37.5 Å². The highest BCUT2D eigenvalue weighted by Gasteiger charge is 2.09. The van der Waals surface area contributed by atoms with Crippen molar-refractivity contribution in [3.05, 3.63) is 57.6 Å². The van der Waals surface area contributed by atoms with Gasteiger partial charge in [0.1, 0.15) is 5.69 Å². The van der Waals surface area contributed by atoms with Crippen LogP contribution in [0.3, 0.4) is 0 Å². The Labute approximate surface area is 150 Å². The number of nitro benzene ring substituents is 1. The maximum Gasteiger partial charge on any atom is 0.271 e. The van der Waals surface area contributed by atoms with Crippen molar-refractivity contribution in [3.63, 3.8) is 0 Å². The zero-order valence-corrected chi connectivity index (χ0v) is 14.6. The Bertz CT molecular complexity index is 750. The number of azo groups is 1. The normalized spacial score (nSPS) is 11.0. The van der Waals surface area contributed by atoms with Gasteiger partial charge >= 0.3 is 0 Å². The topological polar surface area (TPSA) is 91.3 Å². The quantitative estimate of drug-likeness (QED) is 0.412. The molecule has 0 amide bonds. The van der Waals surface area contributed by atoms with Crippen molar-refractivity contribution in [2.75, 3.05) is 24.6 Å². The predicted molar refractivity (Wildman–Crippen MR) is 98.3 cm³/mol. The zero-order chi connectivity index (χ0) is 18.2. The van der Waals surface area contributed by atoms with Crippen molar-refractivity contribution >= 4 is 34.4 Å². The van der Waals surface area contributed by atoms with E-state index in [-0.39, 0.29) is 17.3 Å². The highest BCUT2D eigenvalue weighted by atomic mass is 35.5. The molecule has 0 radical (unpaired) electrons. The van der Waals surface area contributed by atoms with Crippen LogP contribution in [0.25, 0.3) is 0 Å². The molecule has 132 valence electrons. The van der Waals surface area contributed by atoms with Crippen molar-refractivity contribution in [1.82, 2.24) is 0 Å². The molecule has 1 N–H and O–H groups in total. The molecule has 8 heteroatoms. The number of hydrogen-bond donors (Lipinski definition) is 1. The molecule has 0 aliphatic heterocycles. The highest BCUT2D eigenvalue weighted by Crippen LogP contribution is 2.30. The first kappa shape index (κ1) is 18.8. The van der Waals surface area contributed by atoms with Crippen molar-refractivity contribution in [2.24, 2.45) is 10.2 Å². The molecule has 0 aromatic heterocycles. The second kappa shape index (κ2) is 9.10. The van der Waals surface area contributed by atoms with E-state index in [0.29, 0.717) is 17.8 Å². The Balaban J connectivity index is 2.10. The number of nitrogens with zero attached hydrogens (tertiary/aromatic N) is 4. The van der Waals surface area contributed by atoms with Crippen LogP contribution in [0, 0.1) is 10.1 Å². The van der Waals surface area contributed by atoms with E-state index >= 15 is 0 Å². The lowest BCUT2D eigenvalue weighted by Gasteiger charge is -2.22. The van der Waals surface area contributed by atoms with Crippen LogP contribution in [0.4, 0.5) is 22.7 Å². The standard InChI is InChI=1S/C17H19ClN4O3/c1-2-21(10-3-11-23)14-6-4-13(5-7-14)19-20-17-9-8-15(22(24)25)12-16(17)18/h4-9,12,23H,2-3,10-11H2,1H3. The van der Waals surface area contributed by atoms with Gasteiger partial charge in [0.05, 0.1) is 15.6 Å². The zero-order valence-electron chi connectivity index (χ0n) is 13.8. The molecule has 0 saturated heterocycles. The van der Waals surface area contributed by atoms with Gasteiger partial charge in [0.15, 0.2) is 0 Å². The van der Waals surface area contributed by atoms with Gasteiger partial charge in [-0.05, 0) is 43.7 Å². The van der Waals surface area contributed by atoms with Gasteiger partial charge < -0.3 is 10.0 Å². The molecular formula is C17H19ClN4O3. The molecule has 0 heterocycles. The summed E-state index contributed by atoms with van der Waals surface area (Å²) in [6.45, 7) is 3.85. The lowest BCUT2D eigenvalue weighted by Crippen LogP contribution is -2.24. The number of anilines is 1. The summed E-state index contributed by atoms with van der Waals surface area (Å²) in [5.41, 5.74) is 1.98. The lowest BCUT2D eigenvalue weighted by atomic mass is 10.2. The molecule has 2 rings (SSSR count). The first-order valence-corrected chi connectivity index (χ1v) is 8.24. The van der Waals surface area contributed by atoms with E-state index in [1.54, 1.807) is 0 Å². The minimum atomic E-state index is -0.512. The summed E-state index contributed by atoms with van der Waals surface area (Å²) >= 11 is 5.99. The minimum Gasteiger partial charge on any atom is -0.396 e. The number of nitro groups is 1. The van der Waals surface area contributed by atoms with Crippen LogP contribution in [-0.4, -0.2) is 29.7 Å². The number of aliphatic hydroxyl groups is 1. The predicted octanol–water partition coefficient (Wildman–Crippen LogP) is 4.87. The van der Waals surface area contributed by atoms with Gasteiger partial charge in [-0.15, -0.1) is 5.11 Å². The molecule has 0 saturated carbocycles. The number of aliphatic hydroxyl groups excluding tert-OH is 1. The first-order chi connectivity index (χ1) is 12.0. The number of rotatable bonds is 8. The monoisotopic (exact) mass is 362 g/mol. The molecule has 0 fully saturated rings. The third-order valence-corrected chi connectivity index (χ3v) is 3.90. The van der Waals surface area contributed by atoms with E-state index in [1.165, 1.54) is 18.2 Å². The van der Waals surface area contributed by atoms with Gasteiger partial charge in [-0.2, -0.15) is 5.11 Å². The molecule has 0 unspecified atom stereocenters. The molecular weight excluding hydrogens is 344 g/mol. The summed E-state index contributed by atoms with van der Waals surface area (Å²) in [7, 11) is 0. The summed E-state index contributed by atoms with van der Waals surface area (Å²) in [5, 5.41) is 28.0. The van der Waals surface area contributed by atoms with E-state index < -0.39 is 4.92 Å². The van der Waals surface area contributed by atoms with Gasteiger partial charge in [0.25, 0.3) is 5.69 Å². The first-order valence-electron chi connectivity index (χ1n) is 7.86. The molecule has 2 aromatic carbocycles. The fourth-order valence-corrected chi connectivity index (χ4v) is 2.48. The van der Waals surface area contributed by atoms with E-state index in [2.05, 4.69) is 22.1 Å². The molecule has 0 bridgehead atoms. The molecule has 0 aliphatic carbocycles. The van der Waals surface area contributed by atoms with Crippen LogP contribution < -0.4 is 4.90 Å². The second-order valence-corrected chi connectivity index (χ2v) is 5.67. The summed E-state index contributed by atoms with van der Waals surface area (Å²) in [4.78, 5) is 12.3. The molecule has 25 heavy (non-hydrogen) atoms. The Morgan fingerprint density at radius 1 is 1.20 bits per heavy atom. The van der Waals surface area contributed by atoms with Gasteiger partial charge in [0.2, 0.25) is 0 Å². The van der Waals surface area contributed by atoms with Crippen LogP contribution in [0.1, 0.15) is 13.3 Å². The second-order valence-electron chi connectivity index (χ2n) is 5.27. The van der Waals surface area contributed by atoms with Crippen LogP contribution >= 0.6 is 11.6 Å². The Morgan fingerprint density at radius 2 is 1.92 bits per heavy atom. The SMILES string of the molecule is CCN(CCCO)c1ccc(N=Nc2ccc([N+](=O)[O-])cc2Cl)cc1. The van der Waals surface area contributed by atoms with Crippen LogP contribution in [0.15, 0.2) is 52.7 Å². The number of benzene rings is 2. The van der Waals surface area contributed by atoms with Crippen molar-refractivity contribution in [3.8, 4) is 0 Å². The number of hydrogen-bond acceptors (Lipinski definition) is 6. The average Bonchev–Trinajstić information content (AvgIpc) is 2.62. The Kier molecular flexibility index (Phi) is 6.85. The van der Waals surface area contributed by atoms with E-state index in [0.717, 1.165) is 18.8 Å². The van der Waals surface area contributed by atoms with Gasteiger partial charge in [-0.25, -0.2) is 0 Å². The molecule has 0 spiro atoms. The third-order valence-electron chi connectivity index (χ3n) is 3.60. The van der Waals surface area contributed by atoms with Gasteiger partial charge in [-0.3, -0.25) is 10.1 Å². The average molecular weight is 363 g/mol. The summed E-state index contributed by atoms with van der Waals surface area (Å²) in [6, 6.07) is 11.6. The van der Waals surface area contributed by atoms with E-state index in [9.17, 15) is 10.1 Å². The fourth-order valence-electron chi connectivity index (χ4n) is 2.26. The molecule has 2 aromatic rings. The molecule has 0 aliphatic rings. The summed E-state index contributed by atoms with van der Waals surface area (Å²) < 4.78 is 0. The van der Waals surface area contributed by atoms with Crippen LogP contribution in [0.2, 0.25) is 5.02 Å². The molecule has 0 atom stereocenters. The van der Waals surface area contributed by atoms with Crippen molar-refractivity contribution < 1.29 is 10.0 Å². The minimum absolute atomic E-state index is 0.0872. The largest absolute Gasteiger partial charge is 0.396 e. The van der Waals surface area contributed by atoms with Crippen LogP contribution in [0.5, 0.6) is 0 Å². The maximum atomic E-state index is 10.7. The van der Waals surface area contributed by atoms with E-state index in [1.807, 2.05) is 24.3 Å². The third kappa shape index (κ3) is 5.23. The number of halogens is 1. The summed E-state index contributed by atoms with van der Waals surface area (Å²) in [5.74, 6) is 0. The smallest absolute Gasteiger partial charge is 0.271 e. The number of non-ortho nitro benzene ring substituents is 1. The van der Waals surface area contributed by atoms with Gasteiger partial charge in [-0.1, -0.05) is 11.6 Å². The Hall–Kier alpha value is -2.51. The van der Waals surface area contributed by atoms with Crippen molar-refractivity contribution in [2.45, 2.75) is 13.3 Å². The molecule has 7 nitrogen and oxygen atoms in total. The highest BCUT2D eigenvalue weighted by molar-refractivity contribution is 6.33. The van der Waals surface area contributed by atoms with Crippen molar-refractivity contribution in [1.29, 1.82) is 0 Å². The fraction of sp³-hybridized carbons (Fsp3) is 0.294. The van der Waals surface area contributed by atoms with E-state index in [4.69, 9.17) is 16.7 Å². The Morgan fingerprint density at radius 3 is 2.48 bits per heavy atom. The van der Waals surface area contributed by atoms with Crippen LogP contribution in [-0.2, 0) is 0 Å². The maximum absolute atomic E-state index is 10.7. The summed E-state index contributed by atoms with van der Waals surface area (Å²) in [6.07, 6.45) is 0.716.